The molecule has 0 spiro atoms. The second kappa shape index (κ2) is 8.02. The standard InChI is InChI=1S/C18H22N2O4S/c1-13-6-4-9-17(10-13)24-12-18(21)19-14(2)15-7-5-8-16(11-15)20-25(3,22)23/h4-11,14,20H,12H2,1-3H3,(H,19,21)/t14-/m0/s1. The molecule has 0 bridgehead atoms. The van der Waals surface area contributed by atoms with Crippen LogP contribution in [0.2, 0.25) is 0 Å². The van der Waals surface area contributed by atoms with E-state index in [2.05, 4.69) is 10.0 Å². The lowest BCUT2D eigenvalue weighted by molar-refractivity contribution is -0.123. The van der Waals surface area contributed by atoms with Gasteiger partial charge in [-0.05, 0) is 49.2 Å². The maximum Gasteiger partial charge on any atom is 0.258 e. The quantitative estimate of drug-likeness (QED) is 0.793. The van der Waals surface area contributed by atoms with Crippen molar-refractivity contribution in [2.45, 2.75) is 19.9 Å². The molecule has 2 aromatic carbocycles. The van der Waals surface area contributed by atoms with Crippen molar-refractivity contribution < 1.29 is 17.9 Å². The highest BCUT2D eigenvalue weighted by Gasteiger charge is 2.11. The first kappa shape index (κ1) is 18.8. The first-order valence-corrected chi connectivity index (χ1v) is 9.69. The molecule has 0 heterocycles. The van der Waals surface area contributed by atoms with E-state index in [4.69, 9.17) is 4.74 Å². The van der Waals surface area contributed by atoms with Crippen molar-refractivity contribution in [1.82, 2.24) is 5.32 Å². The average Bonchev–Trinajstić information content (AvgIpc) is 2.51. The number of rotatable bonds is 7. The van der Waals surface area contributed by atoms with Gasteiger partial charge in [0.2, 0.25) is 10.0 Å². The minimum Gasteiger partial charge on any atom is -0.484 e. The lowest BCUT2D eigenvalue weighted by Crippen LogP contribution is -2.31. The number of ether oxygens (including phenoxy) is 1. The molecule has 2 N–H and O–H groups in total. The molecule has 0 aliphatic rings. The first-order chi connectivity index (χ1) is 11.7. The molecule has 2 aromatic rings. The van der Waals surface area contributed by atoms with Crippen molar-refractivity contribution in [2.75, 3.05) is 17.6 Å². The summed E-state index contributed by atoms with van der Waals surface area (Å²) < 4.78 is 30.5. The second-order valence-electron chi connectivity index (χ2n) is 5.89. The Morgan fingerprint density at radius 3 is 2.56 bits per heavy atom. The molecule has 0 aromatic heterocycles. The fourth-order valence-electron chi connectivity index (χ4n) is 2.31. The highest BCUT2D eigenvalue weighted by atomic mass is 32.2. The largest absolute Gasteiger partial charge is 0.484 e. The third kappa shape index (κ3) is 6.46. The molecule has 1 atom stereocenters. The number of anilines is 1. The third-order valence-electron chi connectivity index (χ3n) is 3.43. The van der Waals surface area contributed by atoms with Gasteiger partial charge in [-0.15, -0.1) is 0 Å². The normalized spacial score (nSPS) is 12.3. The number of benzene rings is 2. The van der Waals surface area contributed by atoms with Gasteiger partial charge in [-0.1, -0.05) is 24.3 Å². The Hall–Kier alpha value is -2.54. The number of carbonyl (C=O) groups is 1. The zero-order valence-corrected chi connectivity index (χ0v) is 15.3. The van der Waals surface area contributed by atoms with E-state index in [0.717, 1.165) is 17.4 Å². The molecule has 2 rings (SSSR count). The molecule has 134 valence electrons. The van der Waals surface area contributed by atoms with Crippen LogP contribution in [0.5, 0.6) is 5.75 Å². The van der Waals surface area contributed by atoms with Crippen LogP contribution in [-0.4, -0.2) is 27.2 Å². The highest BCUT2D eigenvalue weighted by Crippen LogP contribution is 2.18. The zero-order valence-electron chi connectivity index (χ0n) is 14.4. The Bertz CT molecular complexity index is 850. The van der Waals surface area contributed by atoms with Gasteiger partial charge in [-0.2, -0.15) is 0 Å². The molecule has 6 nitrogen and oxygen atoms in total. The van der Waals surface area contributed by atoms with Crippen LogP contribution in [0.25, 0.3) is 0 Å². The molecule has 7 heteroatoms. The molecule has 0 aliphatic carbocycles. The molecule has 0 radical (unpaired) electrons. The van der Waals surface area contributed by atoms with E-state index in [9.17, 15) is 13.2 Å². The molecule has 0 fully saturated rings. The van der Waals surface area contributed by atoms with Gasteiger partial charge in [0.1, 0.15) is 5.75 Å². The van der Waals surface area contributed by atoms with Gasteiger partial charge in [0.05, 0.1) is 12.3 Å². The summed E-state index contributed by atoms with van der Waals surface area (Å²) in [5, 5.41) is 2.83. The van der Waals surface area contributed by atoms with Crippen LogP contribution in [0.4, 0.5) is 5.69 Å². The minimum atomic E-state index is -3.34. The van der Waals surface area contributed by atoms with Crippen molar-refractivity contribution >= 4 is 21.6 Å². The van der Waals surface area contributed by atoms with Crippen LogP contribution in [0.1, 0.15) is 24.1 Å². The monoisotopic (exact) mass is 362 g/mol. The number of hydrogen-bond donors (Lipinski definition) is 2. The van der Waals surface area contributed by atoms with E-state index in [0.29, 0.717) is 11.4 Å². The summed E-state index contributed by atoms with van der Waals surface area (Å²) in [5.41, 5.74) is 2.30. The van der Waals surface area contributed by atoms with Gasteiger partial charge in [0, 0.05) is 5.69 Å². The number of sulfonamides is 1. The lowest BCUT2D eigenvalue weighted by Gasteiger charge is -2.16. The first-order valence-electron chi connectivity index (χ1n) is 7.79. The average molecular weight is 362 g/mol. The lowest BCUT2D eigenvalue weighted by atomic mass is 10.1. The van der Waals surface area contributed by atoms with E-state index in [1.165, 1.54) is 0 Å². The van der Waals surface area contributed by atoms with Crippen molar-refractivity contribution in [3.05, 3.63) is 59.7 Å². The van der Waals surface area contributed by atoms with Crippen LogP contribution in [0.3, 0.4) is 0 Å². The summed E-state index contributed by atoms with van der Waals surface area (Å²) in [7, 11) is -3.34. The van der Waals surface area contributed by atoms with Crippen LogP contribution < -0.4 is 14.8 Å². The Morgan fingerprint density at radius 2 is 1.88 bits per heavy atom. The Labute approximate surface area is 148 Å². The Balaban J connectivity index is 1.93. The second-order valence-corrected chi connectivity index (χ2v) is 7.64. The topological polar surface area (TPSA) is 84.5 Å². The summed E-state index contributed by atoms with van der Waals surface area (Å²) in [6.45, 7) is 3.69. The summed E-state index contributed by atoms with van der Waals surface area (Å²) in [6.07, 6.45) is 1.09. The maximum absolute atomic E-state index is 12.1. The van der Waals surface area contributed by atoms with Gasteiger partial charge in [-0.25, -0.2) is 8.42 Å². The number of amides is 1. The molecule has 25 heavy (non-hydrogen) atoms. The van der Waals surface area contributed by atoms with Gasteiger partial charge in [0.25, 0.3) is 5.91 Å². The van der Waals surface area contributed by atoms with E-state index in [1.807, 2.05) is 38.1 Å². The predicted molar refractivity (Wildman–Crippen MR) is 98.1 cm³/mol. The molecular weight excluding hydrogens is 340 g/mol. The minimum absolute atomic E-state index is 0.0882. The fraction of sp³-hybridized carbons (Fsp3) is 0.278. The molecule has 0 unspecified atom stereocenters. The number of nitrogens with one attached hydrogen (secondary N) is 2. The van der Waals surface area contributed by atoms with E-state index >= 15 is 0 Å². The molecule has 0 saturated heterocycles. The maximum atomic E-state index is 12.1. The van der Waals surface area contributed by atoms with Crippen LogP contribution >= 0.6 is 0 Å². The molecule has 1 amide bonds. The van der Waals surface area contributed by atoms with Gasteiger partial charge < -0.3 is 10.1 Å². The summed E-state index contributed by atoms with van der Waals surface area (Å²) in [6, 6.07) is 14.1. The summed E-state index contributed by atoms with van der Waals surface area (Å²) in [4.78, 5) is 12.1. The fourth-order valence-corrected chi connectivity index (χ4v) is 2.86. The third-order valence-corrected chi connectivity index (χ3v) is 4.03. The predicted octanol–water partition coefficient (Wildman–Crippen LogP) is 2.62. The highest BCUT2D eigenvalue weighted by molar-refractivity contribution is 7.92. The molecular formula is C18H22N2O4S. The Morgan fingerprint density at radius 1 is 1.16 bits per heavy atom. The summed E-state index contributed by atoms with van der Waals surface area (Å²) >= 11 is 0. The van der Waals surface area contributed by atoms with Gasteiger partial charge in [0.15, 0.2) is 6.61 Å². The smallest absolute Gasteiger partial charge is 0.258 e. The van der Waals surface area contributed by atoms with E-state index < -0.39 is 10.0 Å². The van der Waals surface area contributed by atoms with Crippen molar-refractivity contribution in [2.24, 2.45) is 0 Å². The zero-order chi connectivity index (χ0) is 18.4. The van der Waals surface area contributed by atoms with Gasteiger partial charge >= 0.3 is 0 Å². The van der Waals surface area contributed by atoms with Crippen LogP contribution in [-0.2, 0) is 14.8 Å². The summed E-state index contributed by atoms with van der Waals surface area (Å²) in [5.74, 6) is 0.387. The van der Waals surface area contributed by atoms with Gasteiger partial charge in [-0.3, -0.25) is 9.52 Å². The SMILES string of the molecule is Cc1cccc(OCC(=O)N[C@@H](C)c2cccc(NS(C)(=O)=O)c2)c1. The van der Waals surface area contributed by atoms with Crippen LogP contribution in [0, 0.1) is 6.92 Å². The number of carbonyl (C=O) groups excluding carboxylic acids is 1. The Kier molecular flexibility index (Phi) is 6.03. The van der Waals surface area contributed by atoms with Crippen molar-refractivity contribution in [3.8, 4) is 5.75 Å². The molecule has 0 aliphatic heterocycles. The van der Waals surface area contributed by atoms with E-state index in [1.54, 1.807) is 24.3 Å². The van der Waals surface area contributed by atoms with Crippen molar-refractivity contribution in [3.63, 3.8) is 0 Å². The van der Waals surface area contributed by atoms with Crippen molar-refractivity contribution in [1.29, 1.82) is 0 Å². The molecule has 0 saturated carbocycles. The number of aryl methyl sites for hydroxylation is 1. The van der Waals surface area contributed by atoms with Crippen LogP contribution in [0.15, 0.2) is 48.5 Å². The number of hydrogen-bond acceptors (Lipinski definition) is 4. The van der Waals surface area contributed by atoms with E-state index in [-0.39, 0.29) is 18.6 Å².